The fourth-order valence-corrected chi connectivity index (χ4v) is 1.18. The van der Waals surface area contributed by atoms with Gasteiger partial charge >= 0.3 is 0 Å². The summed E-state index contributed by atoms with van der Waals surface area (Å²) in [6.45, 7) is 4.18. The minimum atomic E-state index is 0.0598. The Morgan fingerprint density at radius 3 is 2.87 bits per heavy atom. The highest BCUT2D eigenvalue weighted by Crippen LogP contribution is 2.13. The molecule has 15 heavy (non-hydrogen) atoms. The highest BCUT2D eigenvalue weighted by Gasteiger charge is 1.99. The van der Waals surface area contributed by atoms with Crippen LogP contribution in [0.25, 0.3) is 0 Å². The van der Waals surface area contributed by atoms with E-state index in [9.17, 15) is 4.79 Å². The molecular weight excluding hydrogens is 188 g/mol. The van der Waals surface area contributed by atoms with Gasteiger partial charge in [0.1, 0.15) is 12.4 Å². The molecule has 0 fully saturated rings. The third kappa shape index (κ3) is 3.98. The summed E-state index contributed by atoms with van der Waals surface area (Å²) < 4.78 is 5.46. The fourth-order valence-electron chi connectivity index (χ4n) is 1.18. The van der Waals surface area contributed by atoms with Crippen LogP contribution in [0.1, 0.15) is 30.6 Å². The molecule has 0 aliphatic heterocycles. The van der Waals surface area contributed by atoms with Crippen molar-refractivity contribution >= 4 is 5.78 Å². The van der Waals surface area contributed by atoms with Crippen LogP contribution in [0.3, 0.4) is 0 Å². The van der Waals surface area contributed by atoms with Gasteiger partial charge in [-0.1, -0.05) is 31.2 Å². The van der Waals surface area contributed by atoms with Crippen molar-refractivity contribution < 1.29 is 9.53 Å². The normalized spacial score (nSPS) is 10.5. The maximum Gasteiger partial charge on any atom is 0.159 e. The number of hydrogen-bond donors (Lipinski definition) is 0. The number of Topliss-reactive ketones (excluding diaryl/α,β-unsaturated/α-hetero) is 1. The average molecular weight is 204 g/mol. The molecule has 0 atom stereocenters. The second kappa shape index (κ2) is 6.02. The van der Waals surface area contributed by atoms with Crippen molar-refractivity contribution in [3.63, 3.8) is 0 Å². The number of hydrogen-bond acceptors (Lipinski definition) is 2. The van der Waals surface area contributed by atoms with E-state index in [-0.39, 0.29) is 5.78 Å². The van der Waals surface area contributed by atoms with Gasteiger partial charge in [-0.05, 0) is 25.5 Å². The van der Waals surface area contributed by atoms with E-state index in [0.717, 1.165) is 12.2 Å². The maximum absolute atomic E-state index is 11.1. The van der Waals surface area contributed by atoms with E-state index in [0.29, 0.717) is 12.2 Å². The third-order valence-electron chi connectivity index (χ3n) is 1.99. The van der Waals surface area contributed by atoms with Gasteiger partial charge in [0, 0.05) is 5.56 Å². The van der Waals surface area contributed by atoms with E-state index in [1.807, 2.05) is 18.2 Å². The van der Waals surface area contributed by atoms with E-state index >= 15 is 0 Å². The molecule has 1 rings (SSSR count). The topological polar surface area (TPSA) is 26.3 Å². The largest absolute Gasteiger partial charge is 0.490 e. The van der Waals surface area contributed by atoms with Gasteiger partial charge in [-0.3, -0.25) is 4.79 Å². The van der Waals surface area contributed by atoms with Crippen molar-refractivity contribution in [2.24, 2.45) is 0 Å². The molecule has 0 saturated carbocycles. The van der Waals surface area contributed by atoms with Crippen molar-refractivity contribution in [3.05, 3.63) is 42.0 Å². The zero-order chi connectivity index (χ0) is 11.1. The van der Waals surface area contributed by atoms with Crippen LogP contribution < -0.4 is 4.74 Å². The number of allylic oxidation sites excluding steroid dienone is 1. The molecule has 0 aliphatic carbocycles. The Bertz CT molecular complexity index is 353. The Labute approximate surface area is 90.6 Å². The molecule has 0 N–H and O–H groups in total. The Kier molecular flexibility index (Phi) is 4.61. The van der Waals surface area contributed by atoms with Crippen molar-refractivity contribution in [2.45, 2.75) is 20.3 Å². The van der Waals surface area contributed by atoms with E-state index in [1.165, 1.54) is 0 Å². The number of rotatable bonds is 5. The summed E-state index contributed by atoms with van der Waals surface area (Å²) in [5.74, 6) is 0.799. The van der Waals surface area contributed by atoms with Gasteiger partial charge < -0.3 is 4.74 Å². The average Bonchev–Trinajstić information content (AvgIpc) is 2.25. The molecule has 1 aromatic carbocycles. The van der Waals surface area contributed by atoms with Crippen LogP contribution in [0, 0.1) is 0 Å². The molecule has 0 spiro atoms. The van der Waals surface area contributed by atoms with Crippen LogP contribution >= 0.6 is 0 Å². The highest BCUT2D eigenvalue weighted by molar-refractivity contribution is 5.94. The molecule has 2 nitrogen and oxygen atoms in total. The lowest BCUT2D eigenvalue weighted by atomic mass is 10.1. The van der Waals surface area contributed by atoms with E-state index in [4.69, 9.17) is 4.74 Å². The quantitative estimate of drug-likeness (QED) is 0.543. The number of carbonyl (C=O) groups excluding carboxylic acids is 1. The second-order valence-corrected chi connectivity index (χ2v) is 3.27. The molecule has 0 aliphatic rings. The third-order valence-corrected chi connectivity index (χ3v) is 1.99. The van der Waals surface area contributed by atoms with E-state index in [1.54, 1.807) is 19.1 Å². The number of carbonyl (C=O) groups is 1. The predicted octanol–water partition coefficient (Wildman–Crippen LogP) is 3.23. The summed E-state index contributed by atoms with van der Waals surface area (Å²) in [7, 11) is 0. The molecule has 2 heteroatoms. The fraction of sp³-hybridized carbons (Fsp3) is 0.308. The molecule has 1 aromatic rings. The van der Waals surface area contributed by atoms with Crippen LogP contribution in [-0.4, -0.2) is 12.4 Å². The molecule has 0 aromatic heterocycles. The number of ketones is 1. The highest BCUT2D eigenvalue weighted by atomic mass is 16.5. The molecule has 0 heterocycles. The van der Waals surface area contributed by atoms with Gasteiger partial charge in [-0.15, -0.1) is 0 Å². The molecule has 0 radical (unpaired) electrons. The summed E-state index contributed by atoms with van der Waals surface area (Å²) in [4.78, 5) is 11.1. The zero-order valence-corrected chi connectivity index (χ0v) is 9.19. The summed E-state index contributed by atoms with van der Waals surface area (Å²) in [5.41, 5.74) is 0.687. The van der Waals surface area contributed by atoms with Crippen LogP contribution in [0.4, 0.5) is 0 Å². The monoisotopic (exact) mass is 204 g/mol. The minimum absolute atomic E-state index is 0.0598. The SMILES string of the molecule is CCC=CCOc1cccc(C(C)=O)c1. The van der Waals surface area contributed by atoms with Crippen LogP contribution in [0.15, 0.2) is 36.4 Å². The van der Waals surface area contributed by atoms with Crippen molar-refractivity contribution in [2.75, 3.05) is 6.61 Å². The summed E-state index contributed by atoms with van der Waals surface area (Å²) in [6, 6.07) is 7.24. The van der Waals surface area contributed by atoms with Crippen molar-refractivity contribution in [3.8, 4) is 5.75 Å². The van der Waals surface area contributed by atoms with E-state index < -0.39 is 0 Å². The maximum atomic E-state index is 11.1. The van der Waals surface area contributed by atoms with Crippen molar-refractivity contribution in [1.82, 2.24) is 0 Å². The second-order valence-electron chi connectivity index (χ2n) is 3.27. The summed E-state index contributed by atoms with van der Waals surface area (Å²) >= 11 is 0. The molecule has 0 amide bonds. The van der Waals surface area contributed by atoms with Gasteiger partial charge in [0.15, 0.2) is 5.78 Å². The molecule has 0 unspecified atom stereocenters. The van der Waals surface area contributed by atoms with Crippen molar-refractivity contribution in [1.29, 1.82) is 0 Å². The van der Waals surface area contributed by atoms with Gasteiger partial charge in [-0.2, -0.15) is 0 Å². The molecule has 80 valence electrons. The first-order valence-corrected chi connectivity index (χ1v) is 5.13. The zero-order valence-electron chi connectivity index (χ0n) is 9.19. The van der Waals surface area contributed by atoms with Gasteiger partial charge in [0.2, 0.25) is 0 Å². The van der Waals surface area contributed by atoms with E-state index in [2.05, 4.69) is 13.0 Å². The molecular formula is C13H16O2. The lowest BCUT2D eigenvalue weighted by Gasteiger charge is -2.03. The lowest BCUT2D eigenvalue weighted by Crippen LogP contribution is -1.96. The Morgan fingerprint density at radius 2 is 2.20 bits per heavy atom. The van der Waals surface area contributed by atoms with Gasteiger partial charge in [0.05, 0.1) is 0 Å². The predicted molar refractivity (Wildman–Crippen MR) is 61.4 cm³/mol. The van der Waals surface area contributed by atoms with Gasteiger partial charge in [0.25, 0.3) is 0 Å². The smallest absolute Gasteiger partial charge is 0.159 e. The first kappa shape index (κ1) is 11.5. The van der Waals surface area contributed by atoms with Crippen LogP contribution in [0.5, 0.6) is 5.75 Å². The summed E-state index contributed by atoms with van der Waals surface area (Å²) in [5, 5.41) is 0. The number of ether oxygens (including phenoxy) is 1. The van der Waals surface area contributed by atoms with Gasteiger partial charge in [-0.25, -0.2) is 0 Å². The Morgan fingerprint density at radius 1 is 1.40 bits per heavy atom. The lowest BCUT2D eigenvalue weighted by molar-refractivity contribution is 0.101. The Balaban J connectivity index is 2.58. The minimum Gasteiger partial charge on any atom is -0.490 e. The molecule has 0 saturated heterocycles. The summed E-state index contributed by atoms with van der Waals surface area (Å²) in [6.07, 6.45) is 5.03. The van der Waals surface area contributed by atoms with Crippen LogP contribution in [-0.2, 0) is 0 Å². The Hall–Kier alpha value is -1.57. The standard InChI is InChI=1S/C13H16O2/c1-3-4-5-9-15-13-8-6-7-12(10-13)11(2)14/h4-8,10H,3,9H2,1-2H3. The molecule has 0 bridgehead atoms. The number of benzene rings is 1. The first-order valence-electron chi connectivity index (χ1n) is 5.13. The van der Waals surface area contributed by atoms with Crippen LogP contribution in [0.2, 0.25) is 0 Å². The first-order chi connectivity index (χ1) is 7.24.